The van der Waals surface area contributed by atoms with Gasteiger partial charge in [0.15, 0.2) is 5.69 Å². The van der Waals surface area contributed by atoms with E-state index in [0.717, 1.165) is 16.8 Å². The molecule has 0 aliphatic carbocycles. The third-order valence-electron chi connectivity index (χ3n) is 5.57. The van der Waals surface area contributed by atoms with E-state index >= 15 is 0 Å². The molecule has 9 heteroatoms. The van der Waals surface area contributed by atoms with Crippen LogP contribution in [0.2, 0.25) is 0 Å². The Balaban J connectivity index is 1.45. The number of carbonyl (C=O) groups excluding carboxylic acids is 3. The number of rotatable bonds is 3. The Kier molecular flexibility index (Phi) is 5.24. The zero-order valence-electron chi connectivity index (χ0n) is 17.1. The number of hydrogen-bond donors (Lipinski definition) is 3. The number of aromatic amines is 1. The molecular formula is C22H21N5O4. The van der Waals surface area contributed by atoms with Crippen LogP contribution in [0.3, 0.4) is 0 Å². The number of hydrazine groups is 1. The molecule has 1 aliphatic heterocycles. The Morgan fingerprint density at radius 2 is 1.77 bits per heavy atom. The molecule has 3 N–H and O–H groups in total. The fraction of sp³-hybridized carbons (Fsp3) is 0.227. The molecule has 31 heavy (non-hydrogen) atoms. The molecule has 2 heterocycles. The van der Waals surface area contributed by atoms with Gasteiger partial charge in [-0.15, -0.1) is 0 Å². The van der Waals surface area contributed by atoms with Crippen LogP contribution in [-0.4, -0.2) is 34.5 Å². The van der Waals surface area contributed by atoms with Crippen LogP contribution in [-0.2, 0) is 9.59 Å². The molecule has 1 fully saturated rings. The second-order valence-electron chi connectivity index (χ2n) is 7.51. The van der Waals surface area contributed by atoms with Crippen LogP contribution in [0.25, 0.3) is 10.8 Å². The molecule has 0 saturated carbocycles. The summed E-state index contributed by atoms with van der Waals surface area (Å²) in [5.41, 5.74) is 7.10. The summed E-state index contributed by atoms with van der Waals surface area (Å²) in [7, 11) is 0. The molecule has 0 bridgehead atoms. The summed E-state index contributed by atoms with van der Waals surface area (Å²) in [6.07, 6.45) is 0.0505. The van der Waals surface area contributed by atoms with Crippen LogP contribution in [0.1, 0.15) is 28.0 Å². The zero-order valence-corrected chi connectivity index (χ0v) is 17.1. The second-order valence-corrected chi connectivity index (χ2v) is 7.51. The number of amides is 3. The Bertz CT molecular complexity index is 1270. The molecule has 0 spiro atoms. The van der Waals surface area contributed by atoms with E-state index in [1.807, 2.05) is 32.0 Å². The van der Waals surface area contributed by atoms with Crippen molar-refractivity contribution in [1.82, 2.24) is 21.0 Å². The van der Waals surface area contributed by atoms with Crippen LogP contribution >= 0.6 is 0 Å². The van der Waals surface area contributed by atoms with Gasteiger partial charge in [-0.3, -0.25) is 30.0 Å². The van der Waals surface area contributed by atoms with Gasteiger partial charge in [0, 0.05) is 24.0 Å². The molecule has 2 aromatic carbocycles. The highest BCUT2D eigenvalue weighted by atomic mass is 16.2. The SMILES string of the molecule is Cc1cccc(N2CC(C(=O)NNC(=O)c3n[nH]c(=O)c4ccccc34)CC2=O)c1C. The lowest BCUT2D eigenvalue weighted by Crippen LogP contribution is -2.45. The molecule has 1 atom stereocenters. The van der Waals surface area contributed by atoms with E-state index in [1.54, 1.807) is 29.2 Å². The molecule has 3 aromatic rings. The number of carbonyl (C=O) groups is 3. The van der Waals surface area contributed by atoms with E-state index < -0.39 is 23.3 Å². The number of H-pyrrole nitrogens is 1. The number of nitrogens with one attached hydrogen (secondary N) is 3. The van der Waals surface area contributed by atoms with Gasteiger partial charge in [0.25, 0.3) is 11.5 Å². The highest BCUT2D eigenvalue weighted by molar-refractivity contribution is 6.06. The minimum absolute atomic E-state index is 0.0185. The van der Waals surface area contributed by atoms with Crippen molar-refractivity contribution in [2.45, 2.75) is 20.3 Å². The van der Waals surface area contributed by atoms with Crippen molar-refractivity contribution >= 4 is 34.2 Å². The average Bonchev–Trinajstić information content (AvgIpc) is 3.15. The normalized spacial score (nSPS) is 15.9. The van der Waals surface area contributed by atoms with Gasteiger partial charge < -0.3 is 4.90 Å². The summed E-state index contributed by atoms with van der Waals surface area (Å²) in [5, 5.41) is 6.77. The van der Waals surface area contributed by atoms with E-state index in [9.17, 15) is 19.2 Å². The van der Waals surface area contributed by atoms with Crippen molar-refractivity contribution < 1.29 is 14.4 Å². The van der Waals surface area contributed by atoms with Gasteiger partial charge in [-0.2, -0.15) is 5.10 Å². The van der Waals surface area contributed by atoms with Crippen LogP contribution in [0.5, 0.6) is 0 Å². The fourth-order valence-corrected chi connectivity index (χ4v) is 3.71. The summed E-state index contributed by atoms with van der Waals surface area (Å²) in [4.78, 5) is 51.1. The second kappa shape index (κ2) is 8.02. The molecule has 9 nitrogen and oxygen atoms in total. The molecule has 1 aromatic heterocycles. The summed E-state index contributed by atoms with van der Waals surface area (Å²) in [6, 6.07) is 12.2. The molecule has 0 radical (unpaired) electrons. The summed E-state index contributed by atoms with van der Waals surface area (Å²) in [6.45, 7) is 4.13. The summed E-state index contributed by atoms with van der Waals surface area (Å²) in [5.74, 6) is -1.89. The van der Waals surface area contributed by atoms with Gasteiger partial charge in [0.05, 0.1) is 11.3 Å². The van der Waals surface area contributed by atoms with E-state index in [1.165, 1.54) is 0 Å². The first kappa shape index (κ1) is 20.3. The minimum Gasteiger partial charge on any atom is -0.311 e. The van der Waals surface area contributed by atoms with E-state index in [0.29, 0.717) is 10.8 Å². The molecule has 1 aliphatic rings. The summed E-state index contributed by atoms with van der Waals surface area (Å²) >= 11 is 0. The van der Waals surface area contributed by atoms with E-state index in [4.69, 9.17) is 0 Å². The first-order valence-corrected chi connectivity index (χ1v) is 9.81. The predicted molar refractivity (Wildman–Crippen MR) is 114 cm³/mol. The van der Waals surface area contributed by atoms with E-state index in [2.05, 4.69) is 21.0 Å². The molecular weight excluding hydrogens is 398 g/mol. The number of nitrogens with zero attached hydrogens (tertiary/aromatic N) is 2. The van der Waals surface area contributed by atoms with Crippen LogP contribution in [0.4, 0.5) is 5.69 Å². The predicted octanol–water partition coefficient (Wildman–Crippen LogP) is 1.35. The van der Waals surface area contributed by atoms with E-state index in [-0.39, 0.29) is 24.6 Å². The van der Waals surface area contributed by atoms with Crippen LogP contribution in [0.15, 0.2) is 47.3 Å². The lowest BCUT2D eigenvalue weighted by Gasteiger charge is -2.20. The van der Waals surface area contributed by atoms with Crippen molar-refractivity contribution in [2.24, 2.45) is 5.92 Å². The third kappa shape index (κ3) is 3.77. The Labute approximate surface area is 177 Å². The van der Waals surface area contributed by atoms with Gasteiger partial charge in [0.2, 0.25) is 11.8 Å². The number of aromatic nitrogens is 2. The maximum atomic E-state index is 12.6. The van der Waals surface area contributed by atoms with Crippen molar-refractivity contribution in [2.75, 3.05) is 11.4 Å². The van der Waals surface area contributed by atoms with Gasteiger partial charge in [-0.05, 0) is 37.1 Å². The molecule has 158 valence electrons. The highest BCUT2D eigenvalue weighted by Gasteiger charge is 2.36. The Morgan fingerprint density at radius 1 is 1.03 bits per heavy atom. The highest BCUT2D eigenvalue weighted by Crippen LogP contribution is 2.29. The van der Waals surface area contributed by atoms with Crippen molar-refractivity contribution in [3.63, 3.8) is 0 Å². The zero-order chi connectivity index (χ0) is 22.1. The van der Waals surface area contributed by atoms with Crippen molar-refractivity contribution in [3.05, 3.63) is 69.6 Å². The Morgan fingerprint density at radius 3 is 2.55 bits per heavy atom. The van der Waals surface area contributed by atoms with Crippen LogP contribution in [0, 0.1) is 19.8 Å². The number of fused-ring (bicyclic) bond motifs is 1. The first-order chi connectivity index (χ1) is 14.9. The number of anilines is 1. The summed E-state index contributed by atoms with van der Waals surface area (Å²) < 4.78 is 0. The number of benzene rings is 2. The lowest BCUT2D eigenvalue weighted by atomic mass is 10.1. The topological polar surface area (TPSA) is 124 Å². The first-order valence-electron chi connectivity index (χ1n) is 9.81. The lowest BCUT2D eigenvalue weighted by molar-refractivity contribution is -0.126. The fourth-order valence-electron chi connectivity index (χ4n) is 3.71. The molecule has 3 amide bonds. The quantitative estimate of drug-likeness (QED) is 0.553. The molecule has 1 saturated heterocycles. The maximum absolute atomic E-state index is 12.6. The smallest absolute Gasteiger partial charge is 0.290 e. The van der Waals surface area contributed by atoms with Crippen LogP contribution < -0.4 is 21.3 Å². The molecule has 1 unspecified atom stereocenters. The van der Waals surface area contributed by atoms with Gasteiger partial charge in [-0.1, -0.05) is 30.3 Å². The molecule has 4 rings (SSSR count). The average molecular weight is 419 g/mol. The van der Waals surface area contributed by atoms with Crippen molar-refractivity contribution in [3.8, 4) is 0 Å². The minimum atomic E-state index is -0.670. The van der Waals surface area contributed by atoms with Gasteiger partial charge in [0.1, 0.15) is 0 Å². The standard InChI is InChI=1S/C22H21N5O4/c1-12-6-5-9-17(13(12)2)27-11-14(10-18(27)28)20(29)24-26-22(31)19-15-7-3-4-8-16(15)21(30)25-23-19/h3-9,14H,10-11H2,1-2H3,(H,24,29)(H,25,30)(H,26,31). The van der Waals surface area contributed by atoms with Gasteiger partial charge in [-0.25, -0.2) is 5.10 Å². The van der Waals surface area contributed by atoms with Crippen molar-refractivity contribution in [1.29, 1.82) is 0 Å². The largest absolute Gasteiger partial charge is 0.311 e. The number of aryl methyl sites for hydroxylation is 1. The monoisotopic (exact) mass is 419 g/mol. The maximum Gasteiger partial charge on any atom is 0.290 e. The third-order valence-corrected chi connectivity index (χ3v) is 5.57. The van der Waals surface area contributed by atoms with Gasteiger partial charge >= 0.3 is 0 Å². The number of hydrogen-bond acceptors (Lipinski definition) is 5. The Hall–Kier alpha value is -4.01.